The van der Waals surface area contributed by atoms with Gasteiger partial charge < -0.3 is 14.9 Å². The lowest BCUT2D eigenvalue weighted by atomic mass is 9.40. The van der Waals surface area contributed by atoms with Gasteiger partial charge in [-0.05, 0) is 137 Å². The maximum atomic E-state index is 12.8. The average molecular weight is 543 g/mol. The fourth-order valence-electron chi connectivity index (χ4n) is 11.3. The molecule has 5 heteroatoms. The number of hydrogen-bond acceptors (Lipinski definition) is 4. The fraction of sp³-hybridized carbons (Fsp3) is 0.882. The topological polar surface area (TPSA) is 83.8 Å². The second-order valence-corrected chi connectivity index (χ2v) is 16.1. The zero-order chi connectivity index (χ0) is 28.5. The molecule has 5 saturated carbocycles. The van der Waals surface area contributed by atoms with Crippen molar-refractivity contribution >= 4 is 11.9 Å². The third-order valence-electron chi connectivity index (χ3n) is 13.4. The second kappa shape index (κ2) is 9.88. The molecule has 2 N–H and O–H groups in total. The number of aliphatic hydroxyl groups is 1. The number of carbonyl (C=O) groups excluding carboxylic acids is 1. The molecule has 0 bridgehead atoms. The van der Waals surface area contributed by atoms with E-state index < -0.39 is 11.4 Å². The Balaban J connectivity index is 1.36. The predicted molar refractivity (Wildman–Crippen MR) is 153 cm³/mol. The van der Waals surface area contributed by atoms with Crippen molar-refractivity contribution in [2.24, 2.45) is 63.1 Å². The Labute approximate surface area is 236 Å². The number of esters is 1. The molecule has 5 fully saturated rings. The van der Waals surface area contributed by atoms with Crippen LogP contribution in [0, 0.1) is 63.1 Å². The molecule has 5 aliphatic rings. The average Bonchev–Trinajstić information content (AvgIpc) is 3.25. The number of fused-ring (bicyclic) bond motifs is 7. The summed E-state index contributed by atoms with van der Waals surface area (Å²) in [6, 6.07) is 0. The number of carbonyl (C=O) groups is 2. The molecule has 0 amide bonds. The van der Waals surface area contributed by atoms with Crippen LogP contribution < -0.4 is 0 Å². The summed E-state index contributed by atoms with van der Waals surface area (Å²) in [5.74, 6) is 3.14. The lowest BCUT2D eigenvalue weighted by molar-refractivity contribution is -0.187. The molecule has 5 aliphatic carbocycles. The molecule has 0 saturated heterocycles. The van der Waals surface area contributed by atoms with Gasteiger partial charge in [0.05, 0.1) is 24.5 Å². The summed E-state index contributed by atoms with van der Waals surface area (Å²) in [5.41, 5.74) is 0.478. The van der Waals surface area contributed by atoms with Crippen molar-refractivity contribution in [1.29, 1.82) is 0 Å². The predicted octanol–water partition coefficient (Wildman–Crippen LogP) is 7.27. The molecule has 0 aromatic rings. The van der Waals surface area contributed by atoms with Crippen LogP contribution in [0.25, 0.3) is 0 Å². The van der Waals surface area contributed by atoms with Gasteiger partial charge in [0.1, 0.15) is 0 Å². The molecule has 0 heterocycles. The highest BCUT2D eigenvalue weighted by molar-refractivity contribution is 5.81. The number of rotatable bonds is 6. The van der Waals surface area contributed by atoms with Crippen molar-refractivity contribution in [2.45, 2.75) is 118 Å². The lowest BCUT2D eigenvalue weighted by Crippen LogP contribution is -2.60. The number of carboxylic acids is 1. The summed E-state index contributed by atoms with van der Waals surface area (Å²) in [6.07, 6.45) is 11.4. The van der Waals surface area contributed by atoms with Crippen LogP contribution in [-0.2, 0) is 14.3 Å². The Morgan fingerprint density at radius 1 is 0.923 bits per heavy atom. The van der Waals surface area contributed by atoms with Crippen molar-refractivity contribution in [1.82, 2.24) is 0 Å². The van der Waals surface area contributed by atoms with Gasteiger partial charge in [-0.3, -0.25) is 9.59 Å². The lowest BCUT2D eigenvalue weighted by Gasteiger charge is -2.65. The first-order valence-electron chi connectivity index (χ1n) is 15.9. The van der Waals surface area contributed by atoms with Crippen molar-refractivity contribution in [3.8, 4) is 0 Å². The largest absolute Gasteiger partial charge is 0.481 e. The molecule has 0 aliphatic heterocycles. The molecule has 39 heavy (non-hydrogen) atoms. The molecule has 0 radical (unpaired) electrons. The first-order chi connectivity index (χ1) is 18.1. The Bertz CT molecular complexity index is 998. The molecule has 5 nitrogen and oxygen atoms in total. The number of ether oxygens (including phenoxy) is 1. The van der Waals surface area contributed by atoms with Crippen LogP contribution in [0.1, 0.15) is 112 Å². The van der Waals surface area contributed by atoms with Crippen molar-refractivity contribution in [3.05, 3.63) is 12.2 Å². The molecule has 6 unspecified atom stereocenters. The van der Waals surface area contributed by atoms with E-state index in [9.17, 15) is 19.8 Å². The number of hydrogen-bond donors (Lipinski definition) is 2. The van der Waals surface area contributed by atoms with Gasteiger partial charge in [-0.15, -0.1) is 0 Å². The number of allylic oxidation sites excluding steroid dienone is 1. The molecular weight excluding hydrogens is 488 g/mol. The van der Waals surface area contributed by atoms with Gasteiger partial charge in [0.2, 0.25) is 0 Å². The van der Waals surface area contributed by atoms with Crippen LogP contribution in [0.3, 0.4) is 0 Å². The number of aliphatic carboxylic acids is 1. The summed E-state index contributed by atoms with van der Waals surface area (Å²) < 4.78 is 5.95. The SMILES string of the molecule is C=C(C)[C@@H]1CC[C@@]2(COC(=O)CC(C)(C)C(=O)O)CCC3C(CCC4C3CCC3C(C)(C)[C@@H](O)CC[C@]43C)C12. The molecule has 0 spiro atoms. The maximum Gasteiger partial charge on any atom is 0.309 e. The van der Waals surface area contributed by atoms with Crippen LogP contribution in [0.2, 0.25) is 0 Å². The highest BCUT2D eigenvalue weighted by Crippen LogP contribution is 2.70. The van der Waals surface area contributed by atoms with E-state index in [1.807, 2.05) is 0 Å². The second-order valence-electron chi connectivity index (χ2n) is 16.1. The van der Waals surface area contributed by atoms with E-state index in [0.717, 1.165) is 49.9 Å². The minimum absolute atomic E-state index is 0.00130. The van der Waals surface area contributed by atoms with E-state index in [0.29, 0.717) is 35.7 Å². The highest BCUT2D eigenvalue weighted by Gasteiger charge is 2.64. The molecular formula is C34H54O5. The molecule has 10 atom stereocenters. The molecule has 0 aromatic heterocycles. The first-order valence-corrected chi connectivity index (χ1v) is 15.9. The fourth-order valence-corrected chi connectivity index (χ4v) is 11.3. The molecule has 5 rings (SSSR count). The van der Waals surface area contributed by atoms with E-state index in [1.54, 1.807) is 13.8 Å². The van der Waals surface area contributed by atoms with E-state index in [4.69, 9.17) is 4.74 Å². The van der Waals surface area contributed by atoms with Gasteiger partial charge in [0.25, 0.3) is 0 Å². The summed E-state index contributed by atoms with van der Waals surface area (Å²) >= 11 is 0. The highest BCUT2D eigenvalue weighted by atomic mass is 16.5. The van der Waals surface area contributed by atoms with Gasteiger partial charge >= 0.3 is 11.9 Å². The van der Waals surface area contributed by atoms with Crippen molar-refractivity contribution < 1.29 is 24.5 Å². The van der Waals surface area contributed by atoms with Gasteiger partial charge in [-0.2, -0.15) is 0 Å². The number of aliphatic hydroxyl groups excluding tert-OH is 1. The Morgan fingerprint density at radius 3 is 2.26 bits per heavy atom. The van der Waals surface area contributed by atoms with E-state index in [2.05, 4.69) is 34.3 Å². The minimum Gasteiger partial charge on any atom is -0.481 e. The first kappa shape index (κ1) is 29.1. The van der Waals surface area contributed by atoms with Gasteiger partial charge in [-0.1, -0.05) is 32.9 Å². The zero-order valence-electron chi connectivity index (χ0n) is 25.4. The third-order valence-corrected chi connectivity index (χ3v) is 13.4. The summed E-state index contributed by atoms with van der Waals surface area (Å²) in [5, 5.41) is 20.4. The van der Waals surface area contributed by atoms with Crippen LogP contribution in [0.15, 0.2) is 12.2 Å². The summed E-state index contributed by atoms with van der Waals surface area (Å²) in [6.45, 7) is 17.4. The van der Waals surface area contributed by atoms with E-state index in [1.165, 1.54) is 37.7 Å². The van der Waals surface area contributed by atoms with E-state index >= 15 is 0 Å². The zero-order valence-corrected chi connectivity index (χ0v) is 25.4. The quantitative estimate of drug-likeness (QED) is 0.272. The monoisotopic (exact) mass is 542 g/mol. The molecule has 220 valence electrons. The van der Waals surface area contributed by atoms with Crippen LogP contribution >= 0.6 is 0 Å². The van der Waals surface area contributed by atoms with Crippen molar-refractivity contribution in [2.75, 3.05) is 6.61 Å². The van der Waals surface area contributed by atoms with Gasteiger partial charge in [0, 0.05) is 5.41 Å². The van der Waals surface area contributed by atoms with Gasteiger partial charge in [-0.25, -0.2) is 0 Å². The van der Waals surface area contributed by atoms with Crippen molar-refractivity contribution in [3.63, 3.8) is 0 Å². The molecule has 0 aromatic carbocycles. The Kier molecular flexibility index (Phi) is 7.38. The maximum absolute atomic E-state index is 12.8. The van der Waals surface area contributed by atoms with Gasteiger partial charge in [0.15, 0.2) is 0 Å². The van der Waals surface area contributed by atoms with Crippen LogP contribution in [-0.4, -0.2) is 34.9 Å². The number of carboxylic acid groups (broad SMARTS) is 1. The Morgan fingerprint density at radius 2 is 1.59 bits per heavy atom. The van der Waals surface area contributed by atoms with E-state index in [-0.39, 0.29) is 29.3 Å². The summed E-state index contributed by atoms with van der Waals surface area (Å²) in [7, 11) is 0. The minimum atomic E-state index is -1.11. The summed E-state index contributed by atoms with van der Waals surface area (Å²) in [4.78, 5) is 24.4. The Hall–Kier alpha value is -1.36. The smallest absolute Gasteiger partial charge is 0.309 e. The van der Waals surface area contributed by atoms with Crippen LogP contribution in [0.5, 0.6) is 0 Å². The van der Waals surface area contributed by atoms with Crippen LogP contribution in [0.4, 0.5) is 0 Å². The standard InChI is InChI=1S/C34H54O5/c1-20(2)21-12-16-34(19-39-28(36)18-31(3,4)30(37)38)17-13-22-23-9-11-26-32(5,6)27(35)14-15-33(26,7)25(23)10-8-24(22)29(21)34/h21-27,29,35H,1,8-19H2,2-7H3,(H,37,38)/t21-,22?,23?,24?,25?,26?,27-,29?,33+,34-/m0/s1. The normalized spacial score (nSPS) is 44.8. The third kappa shape index (κ3) is 4.61.